The number of aromatic hydroxyl groups is 1. The number of amides is 3. The maximum atomic E-state index is 13.3. The lowest BCUT2D eigenvalue weighted by molar-refractivity contribution is -0.141. The SMILES string of the molecule is CCCCCCN(C(=O)CNC(=O)OC(C)(C)C)C(C(=O)NC(C)(C)C)c1ccccc1O. The zero-order valence-corrected chi connectivity index (χ0v) is 21.2. The van der Waals surface area contributed by atoms with Crippen molar-refractivity contribution >= 4 is 17.9 Å². The van der Waals surface area contributed by atoms with Crippen LogP contribution in [0.1, 0.15) is 85.8 Å². The third-order valence-corrected chi connectivity index (χ3v) is 4.65. The highest BCUT2D eigenvalue weighted by atomic mass is 16.6. The van der Waals surface area contributed by atoms with E-state index in [0.717, 1.165) is 19.3 Å². The highest BCUT2D eigenvalue weighted by molar-refractivity contribution is 5.91. The summed E-state index contributed by atoms with van der Waals surface area (Å²) in [4.78, 5) is 40.1. The fraction of sp³-hybridized carbons (Fsp3) is 0.640. The number of hydrogen-bond acceptors (Lipinski definition) is 5. The number of ether oxygens (including phenoxy) is 1. The monoisotopic (exact) mass is 463 g/mol. The number of carbonyl (C=O) groups is 3. The zero-order chi connectivity index (χ0) is 25.2. The van der Waals surface area contributed by atoms with Gasteiger partial charge in [0.2, 0.25) is 11.8 Å². The summed E-state index contributed by atoms with van der Waals surface area (Å²) in [6.07, 6.45) is 2.92. The Labute approximate surface area is 198 Å². The zero-order valence-electron chi connectivity index (χ0n) is 21.2. The number of phenolic OH excluding ortho intramolecular Hbond substituents is 1. The molecule has 0 fully saturated rings. The second kappa shape index (κ2) is 12.5. The van der Waals surface area contributed by atoms with E-state index in [1.165, 1.54) is 11.0 Å². The predicted molar refractivity (Wildman–Crippen MR) is 129 cm³/mol. The van der Waals surface area contributed by atoms with E-state index in [1.54, 1.807) is 39.0 Å². The summed E-state index contributed by atoms with van der Waals surface area (Å²) in [5, 5.41) is 15.9. The molecule has 0 aromatic heterocycles. The molecule has 0 aliphatic heterocycles. The van der Waals surface area contributed by atoms with Crippen LogP contribution in [0.2, 0.25) is 0 Å². The van der Waals surface area contributed by atoms with Crippen LogP contribution in [-0.4, -0.2) is 52.1 Å². The molecule has 0 spiro atoms. The van der Waals surface area contributed by atoms with Gasteiger partial charge in [0.15, 0.2) is 0 Å². The number of phenols is 1. The lowest BCUT2D eigenvalue weighted by Crippen LogP contribution is -2.51. The van der Waals surface area contributed by atoms with Crippen LogP contribution in [0.5, 0.6) is 5.75 Å². The first kappa shape index (κ1) is 28.3. The van der Waals surface area contributed by atoms with E-state index >= 15 is 0 Å². The highest BCUT2D eigenvalue weighted by Crippen LogP contribution is 2.30. The van der Waals surface area contributed by atoms with Crippen LogP contribution in [-0.2, 0) is 14.3 Å². The average molecular weight is 464 g/mol. The lowest BCUT2D eigenvalue weighted by atomic mass is 10.00. The topological polar surface area (TPSA) is 108 Å². The Balaban J connectivity index is 3.23. The summed E-state index contributed by atoms with van der Waals surface area (Å²) in [6, 6.07) is 5.46. The third-order valence-electron chi connectivity index (χ3n) is 4.65. The molecule has 1 atom stereocenters. The van der Waals surface area contributed by atoms with Crippen molar-refractivity contribution in [1.29, 1.82) is 0 Å². The summed E-state index contributed by atoms with van der Waals surface area (Å²) in [7, 11) is 0. The van der Waals surface area contributed by atoms with Crippen molar-refractivity contribution in [3.8, 4) is 5.75 Å². The molecule has 3 N–H and O–H groups in total. The van der Waals surface area contributed by atoms with Crippen molar-refractivity contribution in [3.05, 3.63) is 29.8 Å². The lowest BCUT2D eigenvalue weighted by Gasteiger charge is -2.34. The van der Waals surface area contributed by atoms with Gasteiger partial charge in [-0.15, -0.1) is 0 Å². The van der Waals surface area contributed by atoms with E-state index in [9.17, 15) is 19.5 Å². The summed E-state index contributed by atoms with van der Waals surface area (Å²) in [5.74, 6) is -0.905. The third kappa shape index (κ3) is 10.6. The standard InChI is InChI=1S/C25H41N3O5/c1-8-9-10-13-16-28(20(30)17-26-23(32)33-25(5,6)7)21(22(31)27-24(2,3)4)18-14-11-12-15-19(18)29/h11-12,14-15,21,29H,8-10,13,16-17H2,1-7H3,(H,26,32)(H,27,31). The molecule has 8 nitrogen and oxygen atoms in total. The minimum absolute atomic E-state index is 0.0713. The second-order valence-electron chi connectivity index (χ2n) is 10.2. The number of unbranched alkanes of at least 4 members (excludes halogenated alkanes) is 3. The van der Waals surface area contributed by atoms with Crippen LogP contribution in [0.3, 0.4) is 0 Å². The van der Waals surface area contributed by atoms with E-state index in [-0.39, 0.29) is 12.3 Å². The van der Waals surface area contributed by atoms with E-state index < -0.39 is 35.1 Å². The Morgan fingerprint density at radius 1 is 1.03 bits per heavy atom. The van der Waals surface area contributed by atoms with Crippen molar-refractivity contribution in [1.82, 2.24) is 15.5 Å². The van der Waals surface area contributed by atoms with Crippen LogP contribution in [0.25, 0.3) is 0 Å². The molecule has 0 aliphatic carbocycles. The molecule has 1 rings (SSSR count). The number of carbonyl (C=O) groups excluding carboxylic acids is 3. The number of para-hydroxylation sites is 1. The quantitative estimate of drug-likeness (QED) is 0.449. The van der Waals surface area contributed by atoms with Gasteiger partial charge in [0.25, 0.3) is 0 Å². The first-order valence-electron chi connectivity index (χ1n) is 11.6. The summed E-state index contributed by atoms with van der Waals surface area (Å²) >= 11 is 0. The van der Waals surface area contributed by atoms with Crippen LogP contribution < -0.4 is 10.6 Å². The number of rotatable bonds is 10. The van der Waals surface area contributed by atoms with Crippen molar-refractivity contribution in [2.75, 3.05) is 13.1 Å². The van der Waals surface area contributed by atoms with E-state index in [2.05, 4.69) is 17.6 Å². The molecular formula is C25H41N3O5. The molecule has 1 aromatic rings. The van der Waals surface area contributed by atoms with Crippen LogP contribution in [0.4, 0.5) is 4.79 Å². The van der Waals surface area contributed by atoms with Gasteiger partial charge in [-0.3, -0.25) is 9.59 Å². The largest absolute Gasteiger partial charge is 0.508 e. The Morgan fingerprint density at radius 2 is 1.67 bits per heavy atom. The number of benzene rings is 1. The van der Waals surface area contributed by atoms with E-state index in [0.29, 0.717) is 18.5 Å². The second-order valence-corrected chi connectivity index (χ2v) is 10.2. The number of hydrogen-bond donors (Lipinski definition) is 3. The maximum absolute atomic E-state index is 13.3. The van der Waals surface area contributed by atoms with Crippen LogP contribution in [0.15, 0.2) is 24.3 Å². The molecule has 8 heteroatoms. The first-order chi connectivity index (χ1) is 15.2. The smallest absolute Gasteiger partial charge is 0.408 e. The van der Waals surface area contributed by atoms with E-state index in [1.807, 2.05) is 20.8 Å². The van der Waals surface area contributed by atoms with E-state index in [4.69, 9.17) is 4.74 Å². The summed E-state index contributed by atoms with van der Waals surface area (Å²) < 4.78 is 5.22. The minimum Gasteiger partial charge on any atom is -0.508 e. The van der Waals surface area contributed by atoms with Gasteiger partial charge in [0.1, 0.15) is 23.9 Å². The summed E-state index contributed by atoms with van der Waals surface area (Å²) in [6.45, 7) is 12.8. The molecule has 0 saturated carbocycles. The molecule has 186 valence electrons. The average Bonchev–Trinajstić information content (AvgIpc) is 2.67. The fourth-order valence-corrected chi connectivity index (χ4v) is 3.28. The maximum Gasteiger partial charge on any atom is 0.408 e. The van der Waals surface area contributed by atoms with Crippen LogP contribution >= 0.6 is 0 Å². The molecule has 33 heavy (non-hydrogen) atoms. The first-order valence-corrected chi connectivity index (χ1v) is 11.6. The van der Waals surface area contributed by atoms with Crippen molar-refractivity contribution in [3.63, 3.8) is 0 Å². The number of alkyl carbamates (subject to hydrolysis) is 1. The van der Waals surface area contributed by atoms with Gasteiger partial charge in [-0.25, -0.2) is 4.79 Å². The Morgan fingerprint density at radius 3 is 2.21 bits per heavy atom. The normalized spacial score (nSPS) is 12.6. The minimum atomic E-state index is -1.04. The molecule has 3 amide bonds. The Hall–Kier alpha value is -2.77. The highest BCUT2D eigenvalue weighted by Gasteiger charge is 2.34. The summed E-state index contributed by atoms with van der Waals surface area (Å²) in [5.41, 5.74) is -0.899. The van der Waals surface area contributed by atoms with Gasteiger partial charge in [-0.1, -0.05) is 44.4 Å². The molecule has 0 radical (unpaired) electrons. The fourth-order valence-electron chi connectivity index (χ4n) is 3.28. The molecule has 0 aliphatic rings. The Kier molecular flexibility index (Phi) is 10.7. The van der Waals surface area contributed by atoms with Gasteiger partial charge in [-0.05, 0) is 54.0 Å². The molecule has 0 saturated heterocycles. The van der Waals surface area contributed by atoms with Crippen molar-refractivity contribution in [2.45, 2.75) is 91.3 Å². The predicted octanol–water partition coefficient (Wildman–Crippen LogP) is 4.28. The van der Waals surface area contributed by atoms with Gasteiger partial charge >= 0.3 is 6.09 Å². The van der Waals surface area contributed by atoms with Gasteiger partial charge in [-0.2, -0.15) is 0 Å². The number of nitrogens with zero attached hydrogens (tertiary/aromatic N) is 1. The molecule has 0 heterocycles. The van der Waals surface area contributed by atoms with Gasteiger partial charge in [0.05, 0.1) is 0 Å². The van der Waals surface area contributed by atoms with Gasteiger partial charge < -0.3 is 25.4 Å². The number of nitrogens with one attached hydrogen (secondary N) is 2. The Bertz CT molecular complexity index is 796. The molecule has 1 aromatic carbocycles. The van der Waals surface area contributed by atoms with Gasteiger partial charge in [0, 0.05) is 17.6 Å². The molecule has 0 bridgehead atoms. The van der Waals surface area contributed by atoms with Crippen molar-refractivity contribution in [2.24, 2.45) is 0 Å². The molecule has 1 unspecified atom stereocenters. The van der Waals surface area contributed by atoms with Crippen LogP contribution in [0, 0.1) is 0 Å². The molecular weight excluding hydrogens is 422 g/mol. The van der Waals surface area contributed by atoms with Crippen molar-refractivity contribution < 1.29 is 24.2 Å².